The first kappa shape index (κ1) is 13.0. The first-order valence-electron chi connectivity index (χ1n) is 2.11. The van der Waals surface area contributed by atoms with E-state index >= 15 is 0 Å². The van der Waals surface area contributed by atoms with Crippen molar-refractivity contribution >= 4 is 0 Å². The number of hydrogen-bond acceptors (Lipinski definition) is 4. The molecule has 1 aromatic heterocycles. The van der Waals surface area contributed by atoms with Crippen LogP contribution in [0.2, 0.25) is 0 Å². The summed E-state index contributed by atoms with van der Waals surface area (Å²) in [6.07, 6.45) is 0. The van der Waals surface area contributed by atoms with Crippen molar-refractivity contribution in [2.24, 2.45) is 0 Å². The Morgan fingerprint density at radius 3 is 1.09 bits per heavy atom. The van der Waals surface area contributed by atoms with Gasteiger partial charge in [-0.25, -0.2) is 14.4 Å². The zero-order valence-corrected chi connectivity index (χ0v) is 7.67. The zero-order chi connectivity index (χ0) is 6.85. The van der Waals surface area contributed by atoms with E-state index in [0.717, 1.165) is 0 Å². The van der Waals surface area contributed by atoms with Gasteiger partial charge in [0.25, 0.3) is 0 Å². The normalized spacial score (nSPS) is 7.64. The fraction of sp³-hybridized carbons (Fsp3) is 0. The molecular weight excluding hydrogens is 165 g/mol. The van der Waals surface area contributed by atoms with Gasteiger partial charge in [-0.2, -0.15) is 0 Å². The fourth-order valence-corrected chi connectivity index (χ4v) is 0.403. The molecule has 0 aliphatic heterocycles. The smallest absolute Gasteiger partial charge is 0.870 e. The van der Waals surface area contributed by atoms with Gasteiger partial charge in [0.1, 0.15) is 0 Å². The van der Waals surface area contributed by atoms with Crippen LogP contribution >= 0.6 is 0 Å². The van der Waals surface area contributed by atoms with Crippen molar-refractivity contribution in [3.8, 4) is 0 Å². The van der Waals surface area contributed by atoms with Crippen LogP contribution in [0.15, 0.2) is 14.4 Å². The summed E-state index contributed by atoms with van der Waals surface area (Å²) in [5, 5.41) is 0. The third kappa shape index (κ3) is 3.94. The van der Waals surface area contributed by atoms with Crippen molar-refractivity contribution in [3.63, 3.8) is 0 Å². The van der Waals surface area contributed by atoms with Crippen molar-refractivity contribution in [1.29, 1.82) is 0 Å². The second kappa shape index (κ2) is 5.08. The second-order valence-electron chi connectivity index (χ2n) is 1.36. The number of nitrogens with one attached hydrogen (secondary N) is 3. The van der Waals surface area contributed by atoms with Crippen molar-refractivity contribution in [2.75, 3.05) is 0 Å². The predicted molar refractivity (Wildman–Crippen MR) is 30.2 cm³/mol. The molecule has 0 spiro atoms. The Bertz CT molecular complexity index is 283. The van der Waals surface area contributed by atoms with E-state index in [2.05, 4.69) is 0 Å². The number of rotatable bonds is 0. The standard InChI is InChI=1S/C3H3N3O3.Na.H2O/c7-1-4-2(8)6-3(9)5-1;;/h(H3,4,5,6,7,8,9);;1H2/q;+1;/p-1. The van der Waals surface area contributed by atoms with E-state index in [1.54, 1.807) is 15.0 Å². The van der Waals surface area contributed by atoms with Gasteiger partial charge in [-0.05, 0) is 0 Å². The molecule has 4 N–H and O–H groups in total. The first-order valence-corrected chi connectivity index (χ1v) is 2.11. The molecule has 11 heavy (non-hydrogen) atoms. The summed E-state index contributed by atoms with van der Waals surface area (Å²) in [6, 6.07) is 0. The average Bonchev–Trinajstić information content (AvgIpc) is 1.59. The van der Waals surface area contributed by atoms with Crippen LogP contribution in [0.5, 0.6) is 0 Å². The molecule has 0 radical (unpaired) electrons. The minimum Gasteiger partial charge on any atom is -0.870 e. The van der Waals surface area contributed by atoms with Gasteiger partial charge >= 0.3 is 46.6 Å². The van der Waals surface area contributed by atoms with Crippen LogP contribution in [0.25, 0.3) is 0 Å². The topological polar surface area (TPSA) is 129 Å². The molecule has 0 aliphatic rings. The van der Waals surface area contributed by atoms with Crippen molar-refractivity contribution < 1.29 is 35.0 Å². The summed E-state index contributed by atoms with van der Waals surface area (Å²) in [7, 11) is 0. The Morgan fingerprint density at radius 1 is 0.727 bits per heavy atom. The van der Waals surface area contributed by atoms with Gasteiger partial charge in [-0.15, -0.1) is 0 Å². The van der Waals surface area contributed by atoms with Crippen molar-refractivity contribution in [2.45, 2.75) is 0 Å². The van der Waals surface area contributed by atoms with Crippen LogP contribution < -0.4 is 46.6 Å². The molecule has 0 atom stereocenters. The Balaban J connectivity index is 0. The minimum atomic E-state index is -0.802. The number of aromatic amines is 3. The Kier molecular flexibility index (Phi) is 6.00. The van der Waals surface area contributed by atoms with E-state index in [4.69, 9.17) is 0 Å². The molecule has 1 heterocycles. The average molecular weight is 169 g/mol. The van der Waals surface area contributed by atoms with Crippen LogP contribution in [-0.2, 0) is 0 Å². The molecule has 0 bridgehead atoms. The van der Waals surface area contributed by atoms with E-state index in [9.17, 15) is 14.4 Å². The second-order valence-corrected chi connectivity index (χ2v) is 1.36. The van der Waals surface area contributed by atoms with Crippen LogP contribution in [0.3, 0.4) is 0 Å². The fourth-order valence-electron chi connectivity index (χ4n) is 0.403. The van der Waals surface area contributed by atoms with Crippen LogP contribution in [0.1, 0.15) is 0 Å². The summed E-state index contributed by atoms with van der Waals surface area (Å²) in [6.45, 7) is 0. The van der Waals surface area contributed by atoms with Gasteiger partial charge in [0.15, 0.2) is 0 Å². The quantitative estimate of drug-likeness (QED) is 0.334. The van der Waals surface area contributed by atoms with E-state index in [1.807, 2.05) is 0 Å². The van der Waals surface area contributed by atoms with Gasteiger partial charge in [-0.3, -0.25) is 15.0 Å². The third-order valence-electron chi connectivity index (χ3n) is 0.681. The molecule has 0 fully saturated rings. The van der Waals surface area contributed by atoms with Crippen LogP contribution in [0, 0.1) is 0 Å². The molecule has 0 saturated heterocycles. The van der Waals surface area contributed by atoms with E-state index in [1.165, 1.54) is 0 Å². The third-order valence-corrected chi connectivity index (χ3v) is 0.681. The summed E-state index contributed by atoms with van der Waals surface area (Å²) in [4.78, 5) is 35.9. The number of aromatic nitrogens is 3. The monoisotopic (exact) mass is 169 g/mol. The SMILES string of the molecule is O=c1[nH]c(=O)[nH]c(=O)[nH]1.[Na+].[OH-]. The summed E-state index contributed by atoms with van der Waals surface area (Å²) in [5.41, 5.74) is -2.41. The maximum absolute atomic E-state index is 10.2. The Morgan fingerprint density at radius 2 is 0.909 bits per heavy atom. The van der Waals surface area contributed by atoms with Gasteiger partial charge in [0.2, 0.25) is 0 Å². The zero-order valence-electron chi connectivity index (χ0n) is 5.67. The van der Waals surface area contributed by atoms with E-state index in [-0.39, 0.29) is 35.0 Å². The summed E-state index contributed by atoms with van der Waals surface area (Å²) < 4.78 is 0. The molecule has 1 rings (SSSR count). The van der Waals surface area contributed by atoms with Gasteiger partial charge in [0.05, 0.1) is 0 Å². The van der Waals surface area contributed by atoms with Crippen molar-refractivity contribution in [3.05, 3.63) is 31.5 Å². The van der Waals surface area contributed by atoms with Crippen molar-refractivity contribution in [1.82, 2.24) is 15.0 Å². The van der Waals surface area contributed by atoms with Gasteiger partial charge < -0.3 is 5.48 Å². The van der Waals surface area contributed by atoms with Gasteiger partial charge in [0, 0.05) is 0 Å². The molecule has 1 aromatic rings. The summed E-state index contributed by atoms with van der Waals surface area (Å²) in [5.74, 6) is 0. The molecule has 0 saturated carbocycles. The predicted octanol–water partition coefficient (Wildman–Crippen LogP) is -5.42. The van der Waals surface area contributed by atoms with Gasteiger partial charge in [-0.1, -0.05) is 0 Å². The number of H-pyrrole nitrogens is 3. The first-order chi connectivity index (χ1) is 4.18. The van der Waals surface area contributed by atoms with Crippen LogP contribution in [0.4, 0.5) is 0 Å². The molecule has 0 unspecified atom stereocenters. The Labute approximate surface area is 81.5 Å². The molecule has 0 aliphatic carbocycles. The van der Waals surface area contributed by atoms with E-state index in [0.29, 0.717) is 0 Å². The summed E-state index contributed by atoms with van der Waals surface area (Å²) >= 11 is 0. The maximum atomic E-state index is 10.2. The molecular formula is C3H4N3NaO4. The molecule has 7 nitrogen and oxygen atoms in total. The van der Waals surface area contributed by atoms with E-state index < -0.39 is 17.1 Å². The molecule has 8 heteroatoms. The molecule has 56 valence electrons. The largest absolute Gasteiger partial charge is 1.00 e. The number of hydrogen-bond donors (Lipinski definition) is 3. The molecule has 0 amide bonds. The molecule has 0 aromatic carbocycles. The Hall–Kier alpha value is -0.630. The van der Waals surface area contributed by atoms with Crippen LogP contribution in [-0.4, -0.2) is 20.4 Å². The maximum Gasteiger partial charge on any atom is 1.00 e. The minimum absolute atomic E-state index is 0.